The van der Waals surface area contributed by atoms with Crippen LogP contribution in [0.4, 0.5) is 11.6 Å². The van der Waals surface area contributed by atoms with Gasteiger partial charge in [-0.2, -0.15) is 5.26 Å². The highest BCUT2D eigenvalue weighted by Gasteiger charge is 2.23. The quantitative estimate of drug-likeness (QED) is 0.712. The Hall–Kier alpha value is -2.96. The molecule has 2 heterocycles. The van der Waals surface area contributed by atoms with Crippen LogP contribution >= 0.6 is 11.3 Å². The van der Waals surface area contributed by atoms with Crippen LogP contribution in [0.1, 0.15) is 16.8 Å². The summed E-state index contributed by atoms with van der Waals surface area (Å²) < 4.78 is 28.0. The molecule has 0 amide bonds. The van der Waals surface area contributed by atoms with E-state index in [2.05, 4.69) is 14.7 Å². The van der Waals surface area contributed by atoms with E-state index in [0.29, 0.717) is 16.3 Å². The Bertz CT molecular complexity index is 1090. The van der Waals surface area contributed by atoms with Crippen molar-refractivity contribution in [1.82, 2.24) is 9.97 Å². The molecule has 3 aromatic rings. The number of aryl methyl sites for hydroxylation is 2. The van der Waals surface area contributed by atoms with Gasteiger partial charge in [0, 0.05) is 5.56 Å². The standard InChI is InChI=1S/C17H15N5O2S2/c1-10-7-14(19)21-15(8-10)22-26(23,24)17-11(2)20-16(25-17)13-5-3-12(9-18)4-6-13/h3-8H,1-2H3,(H3,19,21,22). The molecule has 7 nitrogen and oxygen atoms in total. The third-order valence-corrected chi connectivity index (χ3v) is 6.66. The van der Waals surface area contributed by atoms with Crippen molar-refractivity contribution in [2.45, 2.75) is 18.1 Å². The SMILES string of the molecule is Cc1cc(N)nc(NS(=O)(=O)c2sc(-c3ccc(C#N)cc3)nc2C)c1. The maximum atomic E-state index is 12.7. The molecule has 2 aromatic heterocycles. The van der Waals surface area contributed by atoms with Crippen LogP contribution in [0, 0.1) is 25.2 Å². The largest absolute Gasteiger partial charge is 0.384 e. The van der Waals surface area contributed by atoms with Crippen LogP contribution < -0.4 is 10.5 Å². The summed E-state index contributed by atoms with van der Waals surface area (Å²) in [5.74, 6) is 0.400. The molecule has 3 N–H and O–H groups in total. The van der Waals surface area contributed by atoms with E-state index in [9.17, 15) is 8.42 Å². The first-order valence-electron chi connectivity index (χ1n) is 7.53. The van der Waals surface area contributed by atoms with Gasteiger partial charge in [-0.3, -0.25) is 4.72 Å². The monoisotopic (exact) mass is 385 g/mol. The van der Waals surface area contributed by atoms with Crippen molar-refractivity contribution in [3.05, 3.63) is 53.2 Å². The van der Waals surface area contributed by atoms with Crippen molar-refractivity contribution in [2.24, 2.45) is 0 Å². The van der Waals surface area contributed by atoms with E-state index in [1.165, 1.54) is 0 Å². The second-order valence-electron chi connectivity index (χ2n) is 5.64. The third-order valence-electron chi connectivity index (χ3n) is 3.49. The Labute approximate surface area is 155 Å². The van der Waals surface area contributed by atoms with E-state index in [1.807, 2.05) is 6.07 Å². The van der Waals surface area contributed by atoms with Crippen LogP contribution in [-0.2, 0) is 10.0 Å². The molecule has 0 saturated heterocycles. The zero-order valence-corrected chi connectivity index (χ0v) is 15.6. The van der Waals surface area contributed by atoms with Crippen LogP contribution in [0.5, 0.6) is 0 Å². The second kappa shape index (κ2) is 6.74. The molecule has 132 valence electrons. The third kappa shape index (κ3) is 3.66. The molecule has 1 aromatic carbocycles. The molecule has 0 atom stereocenters. The number of aromatic nitrogens is 2. The van der Waals surface area contributed by atoms with E-state index in [-0.39, 0.29) is 15.8 Å². The van der Waals surface area contributed by atoms with Gasteiger partial charge in [0.1, 0.15) is 16.6 Å². The predicted octanol–water partition coefficient (Wildman–Crippen LogP) is 3.08. The molecule has 0 saturated carbocycles. The van der Waals surface area contributed by atoms with Gasteiger partial charge < -0.3 is 5.73 Å². The molecule has 0 radical (unpaired) electrons. The molecule has 9 heteroatoms. The highest BCUT2D eigenvalue weighted by molar-refractivity contribution is 7.94. The number of rotatable bonds is 4. The molecule has 0 aliphatic carbocycles. The number of nitrogens with zero attached hydrogens (tertiary/aromatic N) is 3. The number of nitriles is 1. The Kier molecular flexibility index (Phi) is 4.63. The fourth-order valence-corrected chi connectivity index (χ4v) is 4.89. The smallest absolute Gasteiger partial charge is 0.274 e. The molecular weight excluding hydrogens is 370 g/mol. The summed E-state index contributed by atoms with van der Waals surface area (Å²) >= 11 is 1.06. The van der Waals surface area contributed by atoms with Gasteiger partial charge in [-0.15, -0.1) is 11.3 Å². The number of hydrogen-bond acceptors (Lipinski definition) is 7. The van der Waals surface area contributed by atoms with Gasteiger partial charge in [-0.25, -0.2) is 18.4 Å². The molecule has 0 aliphatic rings. The minimum Gasteiger partial charge on any atom is -0.384 e. The molecule has 26 heavy (non-hydrogen) atoms. The number of pyridine rings is 1. The second-order valence-corrected chi connectivity index (χ2v) is 8.52. The van der Waals surface area contributed by atoms with Crippen molar-refractivity contribution in [3.63, 3.8) is 0 Å². The van der Waals surface area contributed by atoms with Gasteiger partial charge in [-0.05, 0) is 43.7 Å². The average Bonchev–Trinajstić information content (AvgIpc) is 2.96. The zero-order chi connectivity index (χ0) is 18.9. The zero-order valence-electron chi connectivity index (χ0n) is 14.0. The van der Waals surface area contributed by atoms with E-state index in [0.717, 1.165) is 22.5 Å². The molecule has 0 unspecified atom stereocenters. The van der Waals surface area contributed by atoms with Crippen molar-refractivity contribution in [2.75, 3.05) is 10.5 Å². The number of nitrogen functional groups attached to an aromatic ring is 1. The van der Waals surface area contributed by atoms with E-state index < -0.39 is 10.0 Å². The number of thiazole rings is 1. The van der Waals surface area contributed by atoms with Crippen LogP contribution in [-0.4, -0.2) is 18.4 Å². The van der Waals surface area contributed by atoms with Gasteiger partial charge in [-0.1, -0.05) is 12.1 Å². The van der Waals surface area contributed by atoms with E-state index in [4.69, 9.17) is 11.0 Å². The maximum absolute atomic E-state index is 12.7. The predicted molar refractivity (Wildman–Crippen MR) is 101 cm³/mol. The summed E-state index contributed by atoms with van der Waals surface area (Å²) in [6, 6.07) is 12.1. The number of sulfonamides is 1. The number of hydrogen-bond donors (Lipinski definition) is 2. The summed E-state index contributed by atoms with van der Waals surface area (Å²) in [5.41, 5.74) is 8.14. The number of nitrogens with one attached hydrogen (secondary N) is 1. The minimum atomic E-state index is -3.84. The summed E-state index contributed by atoms with van der Waals surface area (Å²) in [6.07, 6.45) is 0. The average molecular weight is 385 g/mol. The molecule has 0 aliphatic heterocycles. The van der Waals surface area contributed by atoms with Crippen LogP contribution in [0.2, 0.25) is 0 Å². The van der Waals surface area contributed by atoms with Gasteiger partial charge in [0.2, 0.25) is 0 Å². The molecular formula is C17H15N5O2S2. The molecule has 0 bridgehead atoms. The Morgan fingerprint density at radius 1 is 1.15 bits per heavy atom. The lowest BCUT2D eigenvalue weighted by Crippen LogP contribution is -2.14. The first kappa shape index (κ1) is 17.8. The van der Waals surface area contributed by atoms with Gasteiger partial charge in [0.05, 0.1) is 17.3 Å². The van der Waals surface area contributed by atoms with Gasteiger partial charge in [0.15, 0.2) is 4.21 Å². The lowest BCUT2D eigenvalue weighted by molar-refractivity contribution is 0.602. The maximum Gasteiger partial charge on any atom is 0.274 e. The van der Waals surface area contributed by atoms with E-state index in [1.54, 1.807) is 50.2 Å². The summed E-state index contributed by atoms with van der Waals surface area (Å²) in [6.45, 7) is 3.44. The lowest BCUT2D eigenvalue weighted by atomic mass is 10.1. The van der Waals surface area contributed by atoms with Crippen molar-refractivity contribution in [3.8, 4) is 16.6 Å². The number of benzene rings is 1. The molecule has 0 fully saturated rings. The van der Waals surface area contributed by atoms with Crippen molar-refractivity contribution < 1.29 is 8.42 Å². The molecule has 3 rings (SSSR count). The summed E-state index contributed by atoms with van der Waals surface area (Å²) in [7, 11) is -3.84. The van der Waals surface area contributed by atoms with Crippen LogP contribution in [0.25, 0.3) is 10.6 Å². The van der Waals surface area contributed by atoms with Crippen LogP contribution in [0.3, 0.4) is 0 Å². The Morgan fingerprint density at radius 3 is 2.46 bits per heavy atom. The highest BCUT2D eigenvalue weighted by atomic mass is 32.2. The Balaban J connectivity index is 1.95. The number of nitrogens with two attached hydrogens (primary N) is 1. The minimum absolute atomic E-state index is 0.110. The van der Waals surface area contributed by atoms with Crippen molar-refractivity contribution >= 4 is 33.0 Å². The number of anilines is 2. The Morgan fingerprint density at radius 2 is 1.85 bits per heavy atom. The lowest BCUT2D eigenvalue weighted by Gasteiger charge is -2.07. The van der Waals surface area contributed by atoms with Gasteiger partial charge >= 0.3 is 0 Å². The summed E-state index contributed by atoms with van der Waals surface area (Å²) in [4.78, 5) is 8.35. The van der Waals surface area contributed by atoms with E-state index >= 15 is 0 Å². The fourth-order valence-electron chi connectivity index (χ4n) is 2.37. The van der Waals surface area contributed by atoms with Gasteiger partial charge in [0.25, 0.3) is 10.0 Å². The fraction of sp³-hybridized carbons (Fsp3) is 0.118. The van der Waals surface area contributed by atoms with Crippen LogP contribution in [0.15, 0.2) is 40.6 Å². The normalized spacial score (nSPS) is 11.1. The molecule has 0 spiro atoms. The first-order chi connectivity index (χ1) is 12.3. The topological polar surface area (TPSA) is 122 Å². The van der Waals surface area contributed by atoms with Crippen molar-refractivity contribution in [1.29, 1.82) is 5.26 Å². The summed E-state index contributed by atoms with van der Waals surface area (Å²) in [5, 5.41) is 9.43. The first-order valence-corrected chi connectivity index (χ1v) is 9.83. The highest BCUT2D eigenvalue weighted by Crippen LogP contribution is 2.32.